The molecule has 0 aliphatic rings. The monoisotopic (exact) mass is 160 g/mol. The first-order valence-corrected chi connectivity index (χ1v) is 3.74. The van der Waals surface area contributed by atoms with Crippen molar-refractivity contribution in [3.8, 4) is 0 Å². The Hall–Kier alpha value is -0.610. The van der Waals surface area contributed by atoms with Gasteiger partial charge in [0, 0.05) is 12.6 Å². The molecule has 4 nitrogen and oxygen atoms in total. The van der Waals surface area contributed by atoms with Gasteiger partial charge in [-0.25, -0.2) is 0 Å². The number of amides is 1. The molecule has 11 heavy (non-hydrogen) atoms. The van der Waals surface area contributed by atoms with Gasteiger partial charge in [0.2, 0.25) is 5.91 Å². The Bertz CT molecular complexity index is 126. The average Bonchev–Trinajstić information content (AvgIpc) is 1.87. The predicted octanol–water partition coefficient (Wildman–Crippen LogP) is -0.779. The maximum absolute atomic E-state index is 10.9. The zero-order chi connectivity index (χ0) is 8.85. The molecule has 0 bridgehead atoms. The van der Waals surface area contributed by atoms with Crippen LogP contribution in [0.15, 0.2) is 0 Å². The van der Waals surface area contributed by atoms with Crippen LogP contribution in [0.3, 0.4) is 0 Å². The van der Waals surface area contributed by atoms with Gasteiger partial charge in [-0.15, -0.1) is 0 Å². The SMILES string of the molecule is CC(CCO)NC(=O)C(C)N. The molecule has 2 atom stereocenters. The Morgan fingerprint density at radius 1 is 1.64 bits per heavy atom. The van der Waals surface area contributed by atoms with Crippen LogP contribution in [0.1, 0.15) is 20.3 Å². The van der Waals surface area contributed by atoms with Gasteiger partial charge in [-0.1, -0.05) is 0 Å². The number of rotatable bonds is 4. The quantitative estimate of drug-likeness (QED) is 0.505. The van der Waals surface area contributed by atoms with Crippen molar-refractivity contribution in [3.05, 3.63) is 0 Å². The second kappa shape index (κ2) is 5.09. The first-order valence-electron chi connectivity index (χ1n) is 3.74. The first-order chi connectivity index (χ1) is 5.07. The summed E-state index contributed by atoms with van der Waals surface area (Å²) in [5.74, 6) is -0.175. The normalized spacial score (nSPS) is 15.6. The number of carbonyl (C=O) groups is 1. The summed E-state index contributed by atoms with van der Waals surface area (Å²) in [4.78, 5) is 10.9. The van der Waals surface area contributed by atoms with E-state index >= 15 is 0 Å². The van der Waals surface area contributed by atoms with Gasteiger partial charge in [-0.3, -0.25) is 4.79 Å². The summed E-state index contributed by atoms with van der Waals surface area (Å²) in [5, 5.41) is 11.2. The molecular formula is C7H16N2O2. The highest BCUT2D eigenvalue weighted by Gasteiger charge is 2.09. The number of carbonyl (C=O) groups excluding carboxylic acids is 1. The molecule has 0 aromatic rings. The van der Waals surface area contributed by atoms with Crippen molar-refractivity contribution in [2.45, 2.75) is 32.4 Å². The molecule has 0 spiro atoms. The fourth-order valence-corrected chi connectivity index (χ4v) is 0.640. The Labute approximate surface area is 66.8 Å². The molecule has 0 saturated carbocycles. The van der Waals surface area contributed by atoms with Crippen LogP contribution in [-0.4, -0.2) is 29.7 Å². The molecule has 4 heteroatoms. The summed E-state index contributed by atoms with van der Waals surface area (Å²) in [6.45, 7) is 3.54. The van der Waals surface area contributed by atoms with E-state index in [9.17, 15) is 4.79 Å². The Morgan fingerprint density at radius 2 is 2.18 bits per heavy atom. The van der Waals surface area contributed by atoms with E-state index in [1.807, 2.05) is 6.92 Å². The molecular weight excluding hydrogens is 144 g/mol. The van der Waals surface area contributed by atoms with Gasteiger partial charge in [0.25, 0.3) is 0 Å². The summed E-state index contributed by atoms with van der Waals surface area (Å²) in [6.07, 6.45) is 0.568. The summed E-state index contributed by atoms with van der Waals surface area (Å²) >= 11 is 0. The first kappa shape index (κ1) is 10.4. The maximum Gasteiger partial charge on any atom is 0.236 e. The van der Waals surface area contributed by atoms with Crippen LogP contribution in [0, 0.1) is 0 Å². The average molecular weight is 160 g/mol. The molecule has 0 aromatic carbocycles. The largest absolute Gasteiger partial charge is 0.396 e. The Kier molecular flexibility index (Phi) is 4.81. The lowest BCUT2D eigenvalue weighted by Crippen LogP contribution is -2.42. The van der Waals surface area contributed by atoms with Gasteiger partial charge in [-0.2, -0.15) is 0 Å². The summed E-state index contributed by atoms with van der Waals surface area (Å²) in [7, 11) is 0. The summed E-state index contributed by atoms with van der Waals surface area (Å²) < 4.78 is 0. The van der Waals surface area contributed by atoms with Crippen molar-refractivity contribution in [1.82, 2.24) is 5.32 Å². The van der Waals surface area contributed by atoms with Crippen molar-refractivity contribution in [3.63, 3.8) is 0 Å². The van der Waals surface area contributed by atoms with Gasteiger partial charge in [-0.05, 0) is 20.3 Å². The molecule has 0 saturated heterocycles. The van der Waals surface area contributed by atoms with E-state index in [2.05, 4.69) is 5.32 Å². The third-order valence-electron chi connectivity index (χ3n) is 1.36. The molecule has 0 radical (unpaired) electrons. The van der Waals surface area contributed by atoms with E-state index in [4.69, 9.17) is 10.8 Å². The molecule has 0 rings (SSSR count). The van der Waals surface area contributed by atoms with Crippen LogP contribution in [-0.2, 0) is 4.79 Å². The number of aliphatic hydroxyl groups is 1. The van der Waals surface area contributed by atoms with Crippen LogP contribution in [0.4, 0.5) is 0 Å². The predicted molar refractivity (Wildman–Crippen MR) is 43.0 cm³/mol. The van der Waals surface area contributed by atoms with Crippen molar-refractivity contribution >= 4 is 5.91 Å². The molecule has 66 valence electrons. The number of nitrogens with one attached hydrogen (secondary N) is 1. The number of hydrogen-bond acceptors (Lipinski definition) is 3. The summed E-state index contributed by atoms with van der Waals surface area (Å²) in [5.41, 5.74) is 5.31. The van der Waals surface area contributed by atoms with Crippen LogP contribution >= 0.6 is 0 Å². The minimum Gasteiger partial charge on any atom is -0.396 e. The Morgan fingerprint density at radius 3 is 2.55 bits per heavy atom. The molecule has 4 N–H and O–H groups in total. The van der Waals surface area contributed by atoms with Gasteiger partial charge in [0.15, 0.2) is 0 Å². The second-order valence-corrected chi connectivity index (χ2v) is 2.71. The molecule has 0 aromatic heterocycles. The zero-order valence-electron chi connectivity index (χ0n) is 7.00. The third-order valence-corrected chi connectivity index (χ3v) is 1.36. The topological polar surface area (TPSA) is 75.3 Å². The molecule has 0 aliphatic carbocycles. The lowest BCUT2D eigenvalue weighted by Gasteiger charge is -2.13. The van der Waals surface area contributed by atoms with Crippen LogP contribution in [0.2, 0.25) is 0 Å². The smallest absolute Gasteiger partial charge is 0.236 e. The number of aliphatic hydroxyl groups excluding tert-OH is 1. The van der Waals surface area contributed by atoms with Crippen LogP contribution in [0.5, 0.6) is 0 Å². The van der Waals surface area contributed by atoms with Crippen LogP contribution < -0.4 is 11.1 Å². The fourth-order valence-electron chi connectivity index (χ4n) is 0.640. The van der Waals surface area contributed by atoms with E-state index in [0.717, 1.165) is 0 Å². The molecule has 2 unspecified atom stereocenters. The van der Waals surface area contributed by atoms with E-state index in [0.29, 0.717) is 6.42 Å². The second-order valence-electron chi connectivity index (χ2n) is 2.71. The van der Waals surface area contributed by atoms with Crippen molar-refractivity contribution in [2.24, 2.45) is 5.73 Å². The van der Waals surface area contributed by atoms with Gasteiger partial charge < -0.3 is 16.2 Å². The standard InChI is InChI=1S/C7H16N2O2/c1-5(3-4-10)9-7(11)6(2)8/h5-6,10H,3-4,8H2,1-2H3,(H,9,11). The summed E-state index contributed by atoms with van der Waals surface area (Å²) in [6, 6.07) is -0.477. The highest BCUT2D eigenvalue weighted by molar-refractivity contribution is 5.81. The van der Waals surface area contributed by atoms with E-state index in [-0.39, 0.29) is 18.6 Å². The minimum atomic E-state index is -0.476. The lowest BCUT2D eigenvalue weighted by atomic mass is 10.2. The lowest BCUT2D eigenvalue weighted by molar-refractivity contribution is -0.122. The van der Waals surface area contributed by atoms with Gasteiger partial charge in [0.05, 0.1) is 6.04 Å². The molecule has 1 amide bonds. The minimum absolute atomic E-state index is 0.00139. The fraction of sp³-hybridized carbons (Fsp3) is 0.857. The molecule has 0 heterocycles. The van der Waals surface area contributed by atoms with E-state index in [1.54, 1.807) is 6.92 Å². The van der Waals surface area contributed by atoms with Gasteiger partial charge in [0.1, 0.15) is 0 Å². The Balaban J connectivity index is 3.57. The van der Waals surface area contributed by atoms with Crippen LogP contribution in [0.25, 0.3) is 0 Å². The third kappa shape index (κ3) is 4.75. The molecule has 0 aliphatic heterocycles. The van der Waals surface area contributed by atoms with Crippen molar-refractivity contribution < 1.29 is 9.90 Å². The number of hydrogen-bond donors (Lipinski definition) is 3. The maximum atomic E-state index is 10.9. The van der Waals surface area contributed by atoms with Gasteiger partial charge >= 0.3 is 0 Å². The van der Waals surface area contributed by atoms with Crippen molar-refractivity contribution in [2.75, 3.05) is 6.61 Å². The zero-order valence-corrected chi connectivity index (χ0v) is 7.00. The van der Waals surface area contributed by atoms with E-state index in [1.165, 1.54) is 0 Å². The number of nitrogens with two attached hydrogens (primary N) is 1. The van der Waals surface area contributed by atoms with Crippen molar-refractivity contribution in [1.29, 1.82) is 0 Å². The highest BCUT2D eigenvalue weighted by atomic mass is 16.3. The molecule has 0 fully saturated rings. The highest BCUT2D eigenvalue weighted by Crippen LogP contribution is 1.88. The van der Waals surface area contributed by atoms with E-state index < -0.39 is 6.04 Å².